The fourth-order valence-corrected chi connectivity index (χ4v) is 3.84. The summed E-state index contributed by atoms with van der Waals surface area (Å²) in [4.78, 5) is 0. The van der Waals surface area contributed by atoms with Gasteiger partial charge in [-0.15, -0.1) is 0 Å². The molecule has 0 saturated carbocycles. The van der Waals surface area contributed by atoms with Crippen LogP contribution in [0.1, 0.15) is 22.3 Å². The van der Waals surface area contributed by atoms with Crippen LogP contribution in [0.25, 0.3) is 0 Å². The molecule has 0 aliphatic carbocycles. The average molecular weight is 476 g/mol. The third kappa shape index (κ3) is 4.30. The Morgan fingerprint density at radius 1 is 0.615 bits per heavy atom. The van der Waals surface area contributed by atoms with Gasteiger partial charge in [0, 0.05) is 8.95 Å². The maximum absolute atomic E-state index is 5.53. The van der Waals surface area contributed by atoms with Crippen LogP contribution in [-0.2, 0) is 12.8 Å². The molecule has 2 nitrogen and oxygen atoms in total. The minimum atomic E-state index is 0.755. The number of ether oxygens (including phenoxy) is 2. The number of benzene rings is 3. The van der Waals surface area contributed by atoms with E-state index in [1.165, 1.54) is 22.3 Å². The van der Waals surface area contributed by atoms with Gasteiger partial charge in [-0.1, -0.05) is 68.3 Å². The van der Waals surface area contributed by atoms with Crippen LogP contribution in [0.3, 0.4) is 0 Å². The molecule has 0 heterocycles. The molecule has 0 saturated heterocycles. The van der Waals surface area contributed by atoms with Crippen LogP contribution in [0, 0.1) is 0 Å². The summed E-state index contributed by atoms with van der Waals surface area (Å²) < 4.78 is 13.3. The summed E-state index contributed by atoms with van der Waals surface area (Å²) in [6.45, 7) is 0. The lowest BCUT2D eigenvalue weighted by Gasteiger charge is -2.16. The normalized spacial score (nSPS) is 10.6. The molecule has 0 unspecified atom stereocenters. The van der Waals surface area contributed by atoms with Crippen LogP contribution in [0.15, 0.2) is 69.6 Å². The van der Waals surface area contributed by atoms with Crippen molar-refractivity contribution in [3.05, 3.63) is 91.9 Å². The van der Waals surface area contributed by atoms with Gasteiger partial charge in [-0.3, -0.25) is 0 Å². The molecule has 0 atom stereocenters. The molecule has 0 fully saturated rings. The predicted octanol–water partition coefficient (Wildman–Crippen LogP) is 6.41. The molecule has 0 aliphatic heterocycles. The predicted molar refractivity (Wildman–Crippen MR) is 113 cm³/mol. The van der Waals surface area contributed by atoms with Crippen LogP contribution >= 0.6 is 31.9 Å². The lowest BCUT2D eigenvalue weighted by atomic mass is 9.94. The maximum Gasteiger partial charge on any atom is 0.161 e. The van der Waals surface area contributed by atoms with Crippen molar-refractivity contribution in [1.82, 2.24) is 0 Å². The van der Waals surface area contributed by atoms with E-state index in [1.54, 1.807) is 14.2 Å². The van der Waals surface area contributed by atoms with Gasteiger partial charge < -0.3 is 9.47 Å². The van der Waals surface area contributed by atoms with Crippen molar-refractivity contribution in [2.45, 2.75) is 12.8 Å². The Balaban J connectivity index is 2.05. The summed E-state index contributed by atoms with van der Waals surface area (Å²) in [6, 6.07) is 20.8. The fourth-order valence-electron chi connectivity index (χ4n) is 2.99. The second-order valence-electron chi connectivity index (χ2n) is 6.01. The van der Waals surface area contributed by atoms with E-state index in [1.807, 2.05) is 12.1 Å². The second-order valence-corrected chi connectivity index (χ2v) is 7.72. The number of rotatable bonds is 6. The average Bonchev–Trinajstić information content (AvgIpc) is 2.66. The maximum atomic E-state index is 5.53. The molecule has 0 aliphatic rings. The monoisotopic (exact) mass is 474 g/mol. The van der Waals surface area contributed by atoms with E-state index in [0.717, 1.165) is 33.3 Å². The molecule has 26 heavy (non-hydrogen) atoms. The van der Waals surface area contributed by atoms with Crippen molar-refractivity contribution >= 4 is 31.9 Å². The molecule has 0 radical (unpaired) electrons. The Labute approximate surface area is 171 Å². The third-order valence-electron chi connectivity index (χ3n) is 4.38. The molecule has 3 rings (SSSR count). The van der Waals surface area contributed by atoms with Crippen molar-refractivity contribution in [1.29, 1.82) is 0 Å². The first kappa shape index (κ1) is 19.0. The number of hydrogen-bond donors (Lipinski definition) is 0. The lowest BCUT2D eigenvalue weighted by Crippen LogP contribution is -2.01. The van der Waals surface area contributed by atoms with Gasteiger partial charge in [0.2, 0.25) is 0 Å². The van der Waals surface area contributed by atoms with Crippen molar-refractivity contribution in [3.8, 4) is 11.5 Å². The Kier molecular flexibility index (Phi) is 6.38. The third-order valence-corrected chi connectivity index (χ3v) is 5.93. The number of methoxy groups -OCH3 is 2. The summed E-state index contributed by atoms with van der Waals surface area (Å²) in [7, 11) is 3.35. The molecule has 134 valence electrons. The zero-order valence-electron chi connectivity index (χ0n) is 14.8. The van der Waals surface area contributed by atoms with E-state index in [4.69, 9.17) is 9.47 Å². The smallest absolute Gasteiger partial charge is 0.161 e. The molecule has 0 aromatic heterocycles. The topological polar surface area (TPSA) is 18.5 Å². The van der Waals surface area contributed by atoms with Gasteiger partial charge in [0.1, 0.15) is 0 Å². The van der Waals surface area contributed by atoms with Crippen LogP contribution in [-0.4, -0.2) is 14.2 Å². The molecule has 3 aromatic rings. The van der Waals surface area contributed by atoms with Gasteiger partial charge in [0.05, 0.1) is 14.2 Å². The van der Waals surface area contributed by atoms with Crippen LogP contribution < -0.4 is 9.47 Å². The summed E-state index contributed by atoms with van der Waals surface area (Å²) >= 11 is 7.31. The lowest BCUT2D eigenvalue weighted by molar-refractivity contribution is 0.354. The minimum Gasteiger partial charge on any atom is -0.493 e. The van der Waals surface area contributed by atoms with Crippen molar-refractivity contribution in [2.24, 2.45) is 0 Å². The molecule has 0 bridgehead atoms. The van der Waals surface area contributed by atoms with Crippen molar-refractivity contribution in [2.75, 3.05) is 14.2 Å². The number of hydrogen-bond acceptors (Lipinski definition) is 2. The van der Waals surface area contributed by atoms with E-state index < -0.39 is 0 Å². The van der Waals surface area contributed by atoms with Crippen LogP contribution in [0.5, 0.6) is 11.5 Å². The summed E-state index contributed by atoms with van der Waals surface area (Å²) in [5.74, 6) is 1.51. The zero-order valence-corrected chi connectivity index (χ0v) is 17.9. The van der Waals surface area contributed by atoms with Gasteiger partial charge in [-0.2, -0.15) is 0 Å². The Morgan fingerprint density at radius 2 is 1.00 bits per heavy atom. The highest BCUT2D eigenvalue weighted by atomic mass is 79.9. The largest absolute Gasteiger partial charge is 0.493 e. The Bertz CT molecular complexity index is 832. The molecule has 4 heteroatoms. The minimum absolute atomic E-state index is 0.755. The molecule has 3 aromatic carbocycles. The van der Waals surface area contributed by atoms with E-state index in [9.17, 15) is 0 Å². The first-order chi connectivity index (χ1) is 12.6. The SMILES string of the molecule is COc1cc(Cc2ccccc2Br)c(Cc2ccccc2Br)cc1OC. The van der Waals surface area contributed by atoms with E-state index >= 15 is 0 Å². The van der Waals surface area contributed by atoms with E-state index in [2.05, 4.69) is 80.4 Å². The summed E-state index contributed by atoms with van der Waals surface area (Å²) in [6.07, 6.45) is 1.64. The molecular weight excluding hydrogens is 456 g/mol. The quantitative estimate of drug-likeness (QED) is 0.410. The molecule has 0 spiro atoms. The molecular formula is C22H20Br2O2. The van der Waals surface area contributed by atoms with Gasteiger partial charge in [-0.25, -0.2) is 0 Å². The first-order valence-corrected chi connectivity index (χ1v) is 9.91. The van der Waals surface area contributed by atoms with Gasteiger partial charge >= 0.3 is 0 Å². The molecule has 0 N–H and O–H groups in total. The van der Waals surface area contributed by atoms with Gasteiger partial charge in [0.25, 0.3) is 0 Å². The van der Waals surface area contributed by atoms with Gasteiger partial charge in [0.15, 0.2) is 11.5 Å². The zero-order chi connectivity index (χ0) is 18.5. The van der Waals surface area contributed by atoms with Gasteiger partial charge in [-0.05, 0) is 59.4 Å². The Hall–Kier alpha value is -1.78. The summed E-state index contributed by atoms with van der Waals surface area (Å²) in [5.41, 5.74) is 4.94. The highest BCUT2D eigenvalue weighted by Crippen LogP contribution is 2.34. The Morgan fingerprint density at radius 3 is 1.35 bits per heavy atom. The second kappa shape index (κ2) is 8.74. The van der Waals surface area contributed by atoms with Crippen molar-refractivity contribution < 1.29 is 9.47 Å². The summed E-state index contributed by atoms with van der Waals surface area (Å²) in [5, 5.41) is 0. The van der Waals surface area contributed by atoms with Crippen LogP contribution in [0.4, 0.5) is 0 Å². The first-order valence-electron chi connectivity index (χ1n) is 8.33. The van der Waals surface area contributed by atoms with E-state index in [-0.39, 0.29) is 0 Å². The molecule has 0 amide bonds. The number of halogens is 2. The standard InChI is InChI=1S/C22H20Br2O2/c1-25-21-13-17(11-15-7-3-5-9-19(15)23)18(14-22(21)26-2)12-16-8-4-6-10-20(16)24/h3-10,13-14H,11-12H2,1-2H3. The highest BCUT2D eigenvalue weighted by Gasteiger charge is 2.14. The highest BCUT2D eigenvalue weighted by molar-refractivity contribution is 9.10. The van der Waals surface area contributed by atoms with Crippen LogP contribution in [0.2, 0.25) is 0 Å². The fraction of sp³-hybridized carbons (Fsp3) is 0.182. The van der Waals surface area contributed by atoms with Crippen molar-refractivity contribution in [3.63, 3.8) is 0 Å². The van der Waals surface area contributed by atoms with E-state index in [0.29, 0.717) is 0 Å².